The van der Waals surface area contributed by atoms with Gasteiger partial charge < -0.3 is 24.8 Å². The number of para-hydroxylation sites is 1. The number of anilines is 3. The highest BCUT2D eigenvalue weighted by Gasteiger charge is 2.16. The van der Waals surface area contributed by atoms with Gasteiger partial charge in [-0.25, -0.2) is 14.8 Å². The first-order valence-electron chi connectivity index (χ1n) is 8.61. The molecule has 0 atom stereocenters. The summed E-state index contributed by atoms with van der Waals surface area (Å²) in [6.45, 7) is 0.161. The first-order valence-corrected chi connectivity index (χ1v) is 8.61. The molecule has 0 fully saturated rings. The number of hydrogen-bond acceptors (Lipinski definition) is 8. The summed E-state index contributed by atoms with van der Waals surface area (Å²) in [7, 11) is 1.31. The van der Waals surface area contributed by atoms with E-state index in [4.69, 9.17) is 14.2 Å². The van der Waals surface area contributed by atoms with Gasteiger partial charge >= 0.3 is 5.97 Å². The molecule has 9 heteroatoms. The fourth-order valence-corrected chi connectivity index (χ4v) is 2.69. The van der Waals surface area contributed by atoms with Crippen LogP contribution in [0.5, 0.6) is 11.5 Å². The second kappa shape index (κ2) is 7.85. The van der Waals surface area contributed by atoms with Crippen molar-refractivity contribution in [3.8, 4) is 11.5 Å². The first kappa shape index (κ1) is 18.2. The van der Waals surface area contributed by atoms with E-state index in [-0.39, 0.29) is 24.2 Å². The van der Waals surface area contributed by atoms with Gasteiger partial charge in [-0.15, -0.1) is 0 Å². The van der Waals surface area contributed by atoms with Gasteiger partial charge in [0.25, 0.3) is 5.91 Å². The number of methoxy groups -OCH3 is 1. The fourth-order valence-electron chi connectivity index (χ4n) is 2.69. The molecule has 2 N–H and O–H groups in total. The van der Waals surface area contributed by atoms with Gasteiger partial charge in [0, 0.05) is 24.1 Å². The zero-order chi connectivity index (χ0) is 20.2. The molecule has 0 radical (unpaired) electrons. The predicted octanol–water partition coefficient (Wildman–Crippen LogP) is 2.99. The van der Waals surface area contributed by atoms with Crippen molar-refractivity contribution in [2.24, 2.45) is 0 Å². The maximum absolute atomic E-state index is 12.4. The molecule has 0 saturated heterocycles. The number of nitrogens with zero attached hydrogens (tertiary/aromatic N) is 2. The van der Waals surface area contributed by atoms with E-state index < -0.39 is 5.97 Å². The predicted molar refractivity (Wildman–Crippen MR) is 104 cm³/mol. The molecule has 3 aromatic rings. The number of ether oxygens (including phenoxy) is 3. The third-order valence-electron chi connectivity index (χ3n) is 4.12. The Labute approximate surface area is 165 Å². The van der Waals surface area contributed by atoms with Gasteiger partial charge in [0.15, 0.2) is 11.5 Å². The Hall–Kier alpha value is -4.14. The van der Waals surface area contributed by atoms with Gasteiger partial charge in [-0.2, -0.15) is 0 Å². The Morgan fingerprint density at radius 1 is 1.03 bits per heavy atom. The number of benzene rings is 2. The molecule has 1 aromatic heterocycles. The largest absolute Gasteiger partial charge is 0.465 e. The van der Waals surface area contributed by atoms with Gasteiger partial charge in [0.2, 0.25) is 12.7 Å². The Balaban J connectivity index is 1.45. The van der Waals surface area contributed by atoms with Crippen LogP contribution in [0.1, 0.15) is 20.7 Å². The minimum Gasteiger partial charge on any atom is -0.465 e. The summed E-state index contributed by atoms with van der Waals surface area (Å²) in [6.07, 6.45) is 2.77. The van der Waals surface area contributed by atoms with Crippen LogP contribution in [0.15, 0.2) is 54.9 Å². The molecular formula is C20H16N4O5. The molecule has 1 aliphatic heterocycles. The van der Waals surface area contributed by atoms with Crippen LogP contribution in [-0.4, -0.2) is 35.7 Å². The van der Waals surface area contributed by atoms with Crippen molar-refractivity contribution in [3.63, 3.8) is 0 Å². The summed E-state index contributed by atoms with van der Waals surface area (Å²) in [4.78, 5) is 32.5. The molecule has 2 aromatic carbocycles. The van der Waals surface area contributed by atoms with Crippen LogP contribution < -0.4 is 20.1 Å². The SMILES string of the molecule is COC(=O)c1ccccc1Nc1ncc(C(=O)Nc2ccc3c(c2)OCO3)cn1. The van der Waals surface area contributed by atoms with Crippen molar-refractivity contribution in [1.82, 2.24) is 9.97 Å². The van der Waals surface area contributed by atoms with Gasteiger partial charge in [-0.1, -0.05) is 12.1 Å². The minimum atomic E-state index is -0.479. The maximum Gasteiger partial charge on any atom is 0.339 e. The smallest absolute Gasteiger partial charge is 0.339 e. The van der Waals surface area contributed by atoms with Gasteiger partial charge in [0.1, 0.15) is 0 Å². The topological polar surface area (TPSA) is 112 Å². The van der Waals surface area contributed by atoms with Crippen LogP contribution >= 0.6 is 0 Å². The monoisotopic (exact) mass is 392 g/mol. The first-order chi connectivity index (χ1) is 14.1. The molecule has 1 amide bonds. The molecule has 146 valence electrons. The molecule has 2 heterocycles. The molecule has 29 heavy (non-hydrogen) atoms. The summed E-state index contributed by atoms with van der Waals surface area (Å²) in [5.41, 5.74) is 1.68. The highest BCUT2D eigenvalue weighted by Crippen LogP contribution is 2.34. The molecule has 9 nitrogen and oxygen atoms in total. The van der Waals surface area contributed by atoms with E-state index in [1.165, 1.54) is 19.5 Å². The summed E-state index contributed by atoms with van der Waals surface area (Å²) in [5, 5.41) is 5.70. The molecule has 0 unspecified atom stereocenters. The minimum absolute atomic E-state index is 0.161. The second-order valence-electron chi connectivity index (χ2n) is 5.98. The second-order valence-corrected chi connectivity index (χ2v) is 5.98. The van der Waals surface area contributed by atoms with Crippen LogP contribution in [-0.2, 0) is 4.74 Å². The molecule has 0 bridgehead atoms. The average molecular weight is 392 g/mol. The Morgan fingerprint density at radius 2 is 1.79 bits per heavy atom. The van der Waals surface area contributed by atoms with Crippen molar-refractivity contribution in [3.05, 3.63) is 66.0 Å². The number of carbonyl (C=O) groups excluding carboxylic acids is 2. The van der Waals surface area contributed by atoms with E-state index in [0.717, 1.165) is 0 Å². The molecule has 1 aliphatic rings. The third kappa shape index (κ3) is 3.93. The molecule has 0 aliphatic carbocycles. The van der Waals surface area contributed by atoms with Crippen LogP contribution in [0, 0.1) is 0 Å². The van der Waals surface area contributed by atoms with Crippen LogP contribution in [0.4, 0.5) is 17.3 Å². The number of rotatable bonds is 5. The van der Waals surface area contributed by atoms with E-state index in [9.17, 15) is 9.59 Å². The summed E-state index contributed by atoms with van der Waals surface area (Å²) < 4.78 is 15.3. The number of aromatic nitrogens is 2. The standard InChI is InChI=1S/C20H16N4O5/c1-27-19(26)14-4-2-3-5-15(14)24-20-21-9-12(10-22-20)18(25)23-13-6-7-16-17(8-13)29-11-28-16/h2-10H,11H2,1H3,(H,23,25)(H,21,22,24). The number of hydrogen-bond donors (Lipinski definition) is 2. The lowest BCUT2D eigenvalue weighted by atomic mass is 10.2. The fraction of sp³-hybridized carbons (Fsp3) is 0.100. The number of amides is 1. The van der Waals surface area contributed by atoms with Crippen LogP contribution in [0.3, 0.4) is 0 Å². The number of esters is 1. The van der Waals surface area contributed by atoms with Crippen LogP contribution in [0.2, 0.25) is 0 Å². The Kier molecular flexibility index (Phi) is 4.93. The van der Waals surface area contributed by atoms with E-state index in [1.54, 1.807) is 42.5 Å². The van der Waals surface area contributed by atoms with E-state index in [1.807, 2.05) is 0 Å². The molecule has 0 saturated carbocycles. The number of fused-ring (bicyclic) bond motifs is 1. The summed E-state index contributed by atoms with van der Waals surface area (Å²) >= 11 is 0. The van der Waals surface area contributed by atoms with Crippen molar-refractivity contribution < 1.29 is 23.8 Å². The average Bonchev–Trinajstić information content (AvgIpc) is 3.22. The maximum atomic E-state index is 12.4. The Morgan fingerprint density at radius 3 is 2.59 bits per heavy atom. The number of carbonyl (C=O) groups is 2. The quantitative estimate of drug-likeness (QED) is 0.638. The van der Waals surface area contributed by atoms with Crippen molar-refractivity contribution >= 4 is 29.2 Å². The molecule has 0 spiro atoms. The lowest BCUT2D eigenvalue weighted by Crippen LogP contribution is -2.13. The third-order valence-corrected chi connectivity index (χ3v) is 4.12. The van der Waals surface area contributed by atoms with Gasteiger partial charge in [-0.05, 0) is 24.3 Å². The van der Waals surface area contributed by atoms with E-state index >= 15 is 0 Å². The summed E-state index contributed by atoms with van der Waals surface area (Å²) in [6, 6.07) is 11.9. The normalized spacial score (nSPS) is 11.6. The van der Waals surface area contributed by atoms with Gasteiger partial charge in [-0.3, -0.25) is 4.79 Å². The van der Waals surface area contributed by atoms with Crippen LogP contribution in [0.25, 0.3) is 0 Å². The van der Waals surface area contributed by atoms with Gasteiger partial charge in [0.05, 0.1) is 23.9 Å². The Bertz CT molecular complexity index is 1070. The highest BCUT2D eigenvalue weighted by atomic mass is 16.7. The molecular weight excluding hydrogens is 376 g/mol. The van der Waals surface area contributed by atoms with Crippen molar-refractivity contribution in [2.45, 2.75) is 0 Å². The highest BCUT2D eigenvalue weighted by molar-refractivity contribution is 6.04. The lowest BCUT2D eigenvalue weighted by molar-refractivity contribution is 0.0601. The van der Waals surface area contributed by atoms with E-state index in [0.29, 0.717) is 28.4 Å². The van der Waals surface area contributed by atoms with E-state index in [2.05, 4.69) is 20.6 Å². The lowest BCUT2D eigenvalue weighted by Gasteiger charge is -2.10. The zero-order valence-corrected chi connectivity index (χ0v) is 15.3. The number of nitrogens with one attached hydrogen (secondary N) is 2. The molecule has 4 rings (SSSR count). The van der Waals surface area contributed by atoms with Crippen molar-refractivity contribution in [2.75, 3.05) is 24.5 Å². The van der Waals surface area contributed by atoms with Crippen molar-refractivity contribution in [1.29, 1.82) is 0 Å². The summed E-state index contributed by atoms with van der Waals surface area (Å²) in [5.74, 6) is 0.594. The zero-order valence-electron chi connectivity index (χ0n) is 15.3.